The average Bonchev–Trinajstić information content (AvgIpc) is 3.15. The van der Waals surface area contributed by atoms with E-state index in [-0.39, 0.29) is 13.1 Å². The topological polar surface area (TPSA) is 174 Å². The minimum absolute atomic E-state index is 0.174. The van der Waals surface area contributed by atoms with E-state index >= 15 is 0 Å². The van der Waals surface area contributed by atoms with Gasteiger partial charge in [0.15, 0.2) is 0 Å². The van der Waals surface area contributed by atoms with Crippen molar-refractivity contribution in [3.63, 3.8) is 0 Å². The van der Waals surface area contributed by atoms with Gasteiger partial charge in [-0.3, -0.25) is 14.5 Å². The monoisotopic (exact) mass is 467 g/mol. The fourth-order valence-electron chi connectivity index (χ4n) is 3.61. The molecule has 0 spiro atoms. The number of ketones is 1. The summed E-state index contributed by atoms with van der Waals surface area (Å²) in [6.45, 7) is -0.237. The predicted octanol–water partition coefficient (Wildman–Crippen LogP) is 0.153. The van der Waals surface area contributed by atoms with Gasteiger partial charge in [0.2, 0.25) is 0 Å². The molecule has 0 radical (unpaired) electrons. The molecule has 2 heterocycles. The molecule has 2 saturated heterocycles. The summed E-state index contributed by atoms with van der Waals surface area (Å²) in [7, 11) is 0. The predicted molar refractivity (Wildman–Crippen MR) is 108 cm³/mol. The summed E-state index contributed by atoms with van der Waals surface area (Å²) in [5.74, 6) is -2.48. The number of hydrazine groups is 1. The summed E-state index contributed by atoms with van der Waals surface area (Å²) in [6, 6.07) is 2.15. The molecular formula is C19H22FN5O8. The number of nitrogens with two attached hydrogens (primary N) is 1. The molecule has 0 saturated carbocycles. The van der Waals surface area contributed by atoms with E-state index < -0.39 is 72.8 Å². The lowest BCUT2D eigenvalue weighted by Crippen LogP contribution is -2.64. The van der Waals surface area contributed by atoms with E-state index in [1.54, 1.807) is 0 Å². The van der Waals surface area contributed by atoms with Crippen LogP contribution < -0.4 is 10.7 Å². The van der Waals surface area contributed by atoms with Crippen LogP contribution in [0.2, 0.25) is 0 Å². The van der Waals surface area contributed by atoms with E-state index in [1.165, 1.54) is 25.1 Å². The Bertz CT molecular complexity index is 991. The zero-order valence-corrected chi connectivity index (χ0v) is 17.5. The van der Waals surface area contributed by atoms with E-state index in [4.69, 9.17) is 10.5 Å². The van der Waals surface area contributed by atoms with Crippen LogP contribution in [0.25, 0.3) is 0 Å². The zero-order chi connectivity index (χ0) is 24.4. The average molecular weight is 467 g/mol. The molecule has 13 nitrogen and oxygen atoms in total. The number of carbonyl (C=O) groups excluding carboxylic acids is 3. The second kappa shape index (κ2) is 9.28. The normalized spacial score (nSPS) is 21.4. The van der Waals surface area contributed by atoms with Crippen molar-refractivity contribution in [2.75, 3.05) is 31.2 Å². The van der Waals surface area contributed by atoms with Crippen LogP contribution in [0.5, 0.6) is 0 Å². The first-order valence-corrected chi connectivity index (χ1v) is 9.83. The van der Waals surface area contributed by atoms with Crippen molar-refractivity contribution in [1.29, 1.82) is 0 Å². The standard InChI is InChI=1S/C19H22FN5O8/c1-10(26)15(21)14-9-24(19(32)33-14)25(12-5-3-2-4-11(12)20)16(27)13-8-22(17(28)29)6-7-23(13)18(30)31/h2-5,13-15H,6-9,21H2,1H3,(H,28,29)(H,30,31)/t13?,14-,15?/m0/s1. The molecule has 4 amide bonds. The molecule has 3 rings (SSSR count). The van der Waals surface area contributed by atoms with Crippen LogP contribution in [-0.2, 0) is 14.3 Å². The van der Waals surface area contributed by atoms with Gasteiger partial charge >= 0.3 is 18.3 Å². The molecule has 1 aromatic rings. The van der Waals surface area contributed by atoms with Gasteiger partial charge < -0.3 is 25.6 Å². The van der Waals surface area contributed by atoms with Crippen LogP contribution >= 0.6 is 0 Å². The minimum atomic E-state index is -1.58. The van der Waals surface area contributed by atoms with Gasteiger partial charge in [-0.1, -0.05) is 12.1 Å². The van der Waals surface area contributed by atoms with E-state index in [0.717, 1.165) is 15.9 Å². The third-order valence-corrected chi connectivity index (χ3v) is 5.40. The number of nitrogens with zero attached hydrogens (tertiary/aromatic N) is 4. The first-order valence-electron chi connectivity index (χ1n) is 9.83. The van der Waals surface area contributed by atoms with Gasteiger partial charge in [0.25, 0.3) is 5.91 Å². The molecular weight excluding hydrogens is 445 g/mol. The molecule has 1 aromatic carbocycles. The number of benzene rings is 1. The highest BCUT2D eigenvalue weighted by atomic mass is 19.1. The van der Waals surface area contributed by atoms with Gasteiger partial charge in [-0.25, -0.2) is 28.8 Å². The lowest BCUT2D eigenvalue weighted by Gasteiger charge is -2.41. The van der Waals surface area contributed by atoms with Crippen molar-refractivity contribution in [2.45, 2.75) is 25.1 Å². The van der Waals surface area contributed by atoms with Crippen molar-refractivity contribution in [1.82, 2.24) is 14.8 Å². The van der Waals surface area contributed by atoms with Crippen LogP contribution in [0.3, 0.4) is 0 Å². The number of carbonyl (C=O) groups is 5. The minimum Gasteiger partial charge on any atom is -0.465 e. The summed E-state index contributed by atoms with van der Waals surface area (Å²) >= 11 is 0. The number of Topliss-reactive ketones (excluding diaryl/α,β-unsaturated/α-hetero) is 1. The van der Waals surface area contributed by atoms with Gasteiger partial charge in [-0.05, 0) is 19.1 Å². The summed E-state index contributed by atoms with van der Waals surface area (Å²) in [5, 5.41) is 20.2. The number of piperazine rings is 1. The van der Waals surface area contributed by atoms with Crippen molar-refractivity contribution >= 4 is 35.7 Å². The van der Waals surface area contributed by atoms with Crippen molar-refractivity contribution in [2.24, 2.45) is 5.73 Å². The number of hydrogen-bond acceptors (Lipinski definition) is 7. The fraction of sp³-hybridized carbons (Fsp3) is 0.421. The highest BCUT2D eigenvalue weighted by molar-refractivity contribution is 6.01. The molecule has 2 aliphatic heterocycles. The largest absolute Gasteiger partial charge is 0.465 e. The van der Waals surface area contributed by atoms with Crippen molar-refractivity contribution < 1.29 is 43.3 Å². The van der Waals surface area contributed by atoms with Crippen LogP contribution in [0, 0.1) is 5.82 Å². The second-order valence-electron chi connectivity index (χ2n) is 7.46. The van der Waals surface area contributed by atoms with Gasteiger partial charge in [0.05, 0.1) is 13.1 Å². The number of hydrogen-bond donors (Lipinski definition) is 3. The van der Waals surface area contributed by atoms with Crippen LogP contribution in [-0.4, -0.2) is 99.4 Å². The Balaban J connectivity index is 2.02. The second-order valence-corrected chi connectivity index (χ2v) is 7.46. The molecule has 0 bridgehead atoms. The summed E-state index contributed by atoms with van der Waals surface area (Å²) in [4.78, 5) is 62.5. The first-order chi connectivity index (χ1) is 15.5. The summed E-state index contributed by atoms with van der Waals surface area (Å²) in [6.07, 6.45) is -5.12. The molecule has 0 aliphatic carbocycles. The molecule has 178 valence electrons. The maximum atomic E-state index is 14.7. The Morgan fingerprint density at radius 3 is 2.39 bits per heavy atom. The zero-order valence-electron chi connectivity index (χ0n) is 17.5. The van der Waals surface area contributed by atoms with Crippen LogP contribution in [0.4, 0.5) is 24.5 Å². The van der Waals surface area contributed by atoms with Gasteiger partial charge in [-0.15, -0.1) is 0 Å². The van der Waals surface area contributed by atoms with E-state index in [2.05, 4.69) is 0 Å². The third kappa shape index (κ3) is 4.64. The Hall–Kier alpha value is -3.94. The van der Waals surface area contributed by atoms with Gasteiger partial charge in [0.1, 0.15) is 35.5 Å². The number of carboxylic acid groups (broad SMARTS) is 2. The van der Waals surface area contributed by atoms with E-state index in [0.29, 0.717) is 10.0 Å². The molecule has 4 N–H and O–H groups in total. The molecule has 2 aliphatic rings. The third-order valence-electron chi connectivity index (χ3n) is 5.40. The Kier molecular flexibility index (Phi) is 6.67. The lowest BCUT2D eigenvalue weighted by molar-refractivity contribution is -0.127. The highest BCUT2D eigenvalue weighted by Gasteiger charge is 2.47. The Labute approximate surface area is 186 Å². The molecule has 33 heavy (non-hydrogen) atoms. The number of ether oxygens (including phenoxy) is 1. The number of cyclic esters (lactones) is 1. The number of halogens is 1. The van der Waals surface area contributed by atoms with Crippen LogP contribution in [0.1, 0.15) is 6.92 Å². The number of para-hydroxylation sites is 1. The Morgan fingerprint density at radius 2 is 1.82 bits per heavy atom. The summed E-state index contributed by atoms with van der Waals surface area (Å²) < 4.78 is 19.8. The summed E-state index contributed by atoms with van der Waals surface area (Å²) in [5.41, 5.74) is 5.36. The number of anilines is 1. The van der Waals surface area contributed by atoms with E-state index in [9.17, 15) is 38.6 Å². The smallest absolute Gasteiger partial charge is 0.429 e. The lowest BCUT2D eigenvalue weighted by atomic mass is 10.1. The van der Waals surface area contributed by atoms with Gasteiger partial charge in [-0.2, -0.15) is 0 Å². The molecule has 2 fully saturated rings. The SMILES string of the molecule is CC(=O)C(N)[C@@H]1CN(N(C(=O)C2CN(C(=O)O)CCN2C(=O)O)c2ccccc2F)C(=O)O1. The molecule has 14 heteroatoms. The highest BCUT2D eigenvalue weighted by Crippen LogP contribution is 2.28. The van der Waals surface area contributed by atoms with Gasteiger partial charge in [0, 0.05) is 13.1 Å². The van der Waals surface area contributed by atoms with Crippen molar-refractivity contribution in [3.8, 4) is 0 Å². The Morgan fingerprint density at radius 1 is 1.15 bits per heavy atom. The number of amides is 4. The molecule has 2 unspecified atom stereocenters. The van der Waals surface area contributed by atoms with Crippen molar-refractivity contribution in [3.05, 3.63) is 30.1 Å². The van der Waals surface area contributed by atoms with Crippen LogP contribution in [0.15, 0.2) is 24.3 Å². The van der Waals surface area contributed by atoms with E-state index in [1.807, 2.05) is 0 Å². The number of rotatable bonds is 5. The molecule has 3 atom stereocenters. The maximum absolute atomic E-state index is 14.7. The quantitative estimate of drug-likeness (QED) is 0.544. The maximum Gasteiger partial charge on any atom is 0.429 e. The molecule has 0 aromatic heterocycles. The fourth-order valence-corrected chi connectivity index (χ4v) is 3.61. The first kappa shape index (κ1) is 23.7.